The van der Waals surface area contributed by atoms with E-state index in [9.17, 15) is 0 Å². The molecule has 0 aliphatic rings. The predicted octanol–water partition coefficient (Wildman–Crippen LogP) is 5.38. The van der Waals surface area contributed by atoms with E-state index in [0.29, 0.717) is 12.0 Å². The summed E-state index contributed by atoms with van der Waals surface area (Å²) in [6.45, 7) is 6.60. The minimum Gasteiger partial charge on any atom is -0.313 e. The maximum atomic E-state index is 3.59. The minimum atomic E-state index is 0.339. The Morgan fingerprint density at radius 3 is 2.19 bits per heavy atom. The van der Waals surface area contributed by atoms with Crippen LogP contribution in [0.3, 0.4) is 0 Å². The first-order valence-corrected chi connectivity index (χ1v) is 8.32. The molecule has 2 heteroatoms. The highest BCUT2D eigenvalue weighted by atomic mass is 79.9. The van der Waals surface area contributed by atoms with Gasteiger partial charge in [-0.2, -0.15) is 0 Å². The van der Waals surface area contributed by atoms with Crippen molar-refractivity contribution in [3.05, 3.63) is 69.2 Å². The van der Waals surface area contributed by atoms with Gasteiger partial charge in [0.15, 0.2) is 0 Å². The lowest BCUT2D eigenvalue weighted by Crippen LogP contribution is -2.19. The number of aryl methyl sites for hydroxylation is 1. The topological polar surface area (TPSA) is 12.0 Å². The van der Waals surface area contributed by atoms with E-state index >= 15 is 0 Å². The van der Waals surface area contributed by atoms with Gasteiger partial charge in [-0.1, -0.05) is 60.1 Å². The van der Waals surface area contributed by atoms with Gasteiger partial charge in [0, 0.05) is 10.5 Å². The summed E-state index contributed by atoms with van der Waals surface area (Å²) in [5.41, 5.74) is 5.39. The highest BCUT2D eigenvalue weighted by Gasteiger charge is 2.11. The summed E-state index contributed by atoms with van der Waals surface area (Å²) in [4.78, 5) is 0. The fourth-order valence-electron chi connectivity index (χ4n) is 2.63. The molecule has 0 amide bonds. The van der Waals surface area contributed by atoms with Crippen molar-refractivity contribution in [2.24, 2.45) is 0 Å². The number of likely N-dealkylation sites (N-methyl/N-ethyl adjacent to an activating group) is 1. The molecule has 2 aromatic rings. The van der Waals surface area contributed by atoms with Crippen LogP contribution in [-0.2, 0) is 6.42 Å². The highest BCUT2D eigenvalue weighted by molar-refractivity contribution is 9.10. The highest BCUT2D eigenvalue weighted by Crippen LogP contribution is 2.24. The minimum absolute atomic E-state index is 0.339. The Morgan fingerprint density at radius 1 is 1.00 bits per heavy atom. The third-order valence-electron chi connectivity index (χ3n) is 3.90. The van der Waals surface area contributed by atoms with Crippen molar-refractivity contribution in [2.75, 3.05) is 7.05 Å². The normalized spacial score (nSPS) is 12.7. The standard InChI is InChI=1S/C19H24BrN/c1-13(2)16-7-5-15(6-8-16)11-19(21-4)17-9-14(3)10-18(20)12-17/h5-10,12-13,19,21H,11H2,1-4H3. The van der Waals surface area contributed by atoms with E-state index < -0.39 is 0 Å². The number of nitrogens with one attached hydrogen (secondary N) is 1. The molecular weight excluding hydrogens is 322 g/mol. The van der Waals surface area contributed by atoms with Crippen LogP contribution in [0.4, 0.5) is 0 Å². The van der Waals surface area contributed by atoms with E-state index in [4.69, 9.17) is 0 Å². The predicted molar refractivity (Wildman–Crippen MR) is 94.9 cm³/mol. The van der Waals surface area contributed by atoms with Crippen molar-refractivity contribution < 1.29 is 0 Å². The van der Waals surface area contributed by atoms with Crippen molar-refractivity contribution in [3.63, 3.8) is 0 Å². The van der Waals surface area contributed by atoms with Crippen LogP contribution in [0.15, 0.2) is 46.9 Å². The smallest absolute Gasteiger partial charge is 0.0358 e. The largest absolute Gasteiger partial charge is 0.313 e. The third kappa shape index (κ3) is 4.42. The summed E-state index contributed by atoms with van der Waals surface area (Å²) in [5.74, 6) is 0.590. The number of rotatable bonds is 5. The second kappa shape index (κ2) is 7.24. The van der Waals surface area contributed by atoms with Gasteiger partial charge >= 0.3 is 0 Å². The van der Waals surface area contributed by atoms with Gasteiger partial charge in [0.1, 0.15) is 0 Å². The molecule has 21 heavy (non-hydrogen) atoms. The van der Waals surface area contributed by atoms with E-state index in [0.717, 1.165) is 10.9 Å². The van der Waals surface area contributed by atoms with E-state index in [-0.39, 0.29) is 0 Å². The molecule has 2 aromatic carbocycles. The first-order chi connectivity index (χ1) is 9.99. The second-order valence-electron chi connectivity index (χ2n) is 6.00. The molecule has 0 spiro atoms. The first-order valence-electron chi connectivity index (χ1n) is 7.52. The number of hydrogen-bond acceptors (Lipinski definition) is 1. The fraction of sp³-hybridized carbons (Fsp3) is 0.368. The average Bonchev–Trinajstić information content (AvgIpc) is 2.44. The van der Waals surface area contributed by atoms with E-state index in [1.54, 1.807) is 0 Å². The van der Waals surface area contributed by atoms with Crippen LogP contribution in [0.5, 0.6) is 0 Å². The quantitative estimate of drug-likeness (QED) is 0.766. The molecule has 0 aliphatic carbocycles. The maximum absolute atomic E-state index is 3.59. The van der Waals surface area contributed by atoms with E-state index in [2.05, 4.69) is 84.5 Å². The number of halogens is 1. The fourth-order valence-corrected chi connectivity index (χ4v) is 3.25. The lowest BCUT2D eigenvalue weighted by Gasteiger charge is -2.18. The Morgan fingerprint density at radius 2 is 1.67 bits per heavy atom. The molecule has 0 aliphatic heterocycles. The summed E-state index contributed by atoms with van der Waals surface area (Å²) >= 11 is 3.59. The zero-order valence-corrected chi connectivity index (χ0v) is 14.9. The Kier molecular flexibility index (Phi) is 5.60. The van der Waals surface area contributed by atoms with Crippen LogP contribution in [0.2, 0.25) is 0 Å². The monoisotopic (exact) mass is 345 g/mol. The number of hydrogen-bond donors (Lipinski definition) is 1. The molecule has 112 valence electrons. The number of benzene rings is 2. The molecule has 1 N–H and O–H groups in total. The third-order valence-corrected chi connectivity index (χ3v) is 4.36. The van der Waals surface area contributed by atoms with Gasteiger partial charge in [-0.05, 0) is 60.7 Å². The van der Waals surface area contributed by atoms with Gasteiger partial charge in [-0.3, -0.25) is 0 Å². The molecule has 1 nitrogen and oxygen atoms in total. The Hall–Kier alpha value is -1.12. The molecule has 0 saturated heterocycles. The van der Waals surface area contributed by atoms with E-state index in [1.807, 2.05) is 7.05 Å². The molecule has 0 bridgehead atoms. The molecule has 0 aromatic heterocycles. The molecule has 1 atom stereocenters. The van der Waals surface area contributed by atoms with Gasteiger partial charge in [-0.25, -0.2) is 0 Å². The SMILES string of the molecule is CNC(Cc1ccc(C(C)C)cc1)c1cc(C)cc(Br)c1. The second-order valence-corrected chi connectivity index (χ2v) is 6.92. The van der Waals surface area contributed by atoms with Crippen LogP contribution in [0.1, 0.15) is 48.1 Å². The maximum Gasteiger partial charge on any atom is 0.0358 e. The van der Waals surface area contributed by atoms with Crippen LogP contribution in [0.25, 0.3) is 0 Å². The molecule has 0 radical (unpaired) electrons. The lowest BCUT2D eigenvalue weighted by atomic mass is 9.95. The average molecular weight is 346 g/mol. The first kappa shape index (κ1) is 16.3. The summed E-state index contributed by atoms with van der Waals surface area (Å²) in [6.07, 6.45) is 1.00. The molecule has 0 heterocycles. The van der Waals surface area contributed by atoms with Crippen LogP contribution in [-0.4, -0.2) is 7.05 Å². The van der Waals surface area contributed by atoms with Crippen molar-refractivity contribution >= 4 is 15.9 Å². The van der Waals surface area contributed by atoms with Crippen LogP contribution < -0.4 is 5.32 Å². The van der Waals surface area contributed by atoms with Crippen molar-refractivity contribution in [3.8, 4) is 0 Å². The lowest BCUT2D eigenvalue weighted by molar-refractivity contribution is 0.591. The van der Waals surface area contributed by atoms with Gasteiger partial charge in [0.2, 0.25) is 0 Å². The summed E-state index contributed by atoms with van der Waals surface area (Å²) in [6, 6.07) is 16.0. The summed E-state index contributed by atoms with van der Waals surface area (Å²) in [7, 11) is 2.03. The van der Waals surface area contributed by atoms with Crippen molar-refractivity contribution in [1.29, 1.82) is 0 Å². The Balaban J connectivity index is 2.18. The molecule has 0 saturated carbocycles. The van der Waals surface area contributed by atoms with Crippen molar-refractivity contribution in [1.82, 2.24) is 5.32 Å². The van der Waals surface area contributed by atoms with Crippen molar-refractivity contribution in [2.45, 2.75) is 39.2 Å². The van der Waals surface area contributed by atoms with Gasteiger partial charge < -0.3 is 5.32 Å². The summed E-state index contributed by atoms with van der Waals surface area (Å²) in [5, 5.41) is 3.44. The molecule has 0 fully saturated rings. The zero-order chi connectivity index (χ0) is 15.4. The summed E-state index contributed by atoms with van der Waals surface area (Å²) < 4.78 is 1.15. The van der Waals surface area contributed by atoms with Gasteiger partial charge in [0.05, 0.1) is 0 Å². The zero-order valence-electron chi connectivity index (χ0n) is 13.3. The van der Waals surface area contributed by atoms with Gasteiger partial charge in [-0.15, -0.1) is 0 Å². The Bertz CT molecular complexity index is 567. The van der Waals surface area contributed by atoms with Crippen LogP contribution in [0, 0.1) is 6.92 Å². The molecule has 1 unspecified atom stereocenters. The Labute approximate surface area is 136 Å². The van der Waals surface area contributed by atoms with Gasteiger partial charge in [0.25, 0.3) is 0 Å². The van der Waals surface area contributed by atoms with Crippen LogP contribution >= 0.6 is 15.9 Å². The van der Waals surface area contributed by atoms with E-state index in [1.165, 1.54) is 22.3 Å². The molecule has 2 rings (SSSR count). The molecular formula is C19H24BrN.